The van der Waals surface area contributed by atoms with Gasteiger partial charge in [-0.05, 0) is 25.1 Å². The second-order valence-electron chi connectivity index (χ2n) is 3.48. The van der Waals surface area contributed by atoms with Gasteiger partial charge in [-0.3, -0.25) is 9.59 Å². The van der Waals surface area contributed by atoms with Gasteiger partial charge < -0.3 is 10.6 Å². The maximum absolute atomic E-state index is 13.4. The molecule has 6 heteroatoms. The standard InChI is InChI=1S/C11H12BrFN2O2/c1-6(12)11(17)15-10-5-8(14-7(2)16)3-4-9(10)13/h3-6H,1-2H3,(H,14,16)(H,15,17). The highest BCUT2D eigenvalue weighted by molar-refractivity contribution is 9.10. The van der Waals surface area contributed by atoms with Gasteiger partial charge in [0, 0.05) is 12.6 Å². The fourth-order valence-electron chi connectivity index (χ4n) is 1.13. The van der Waals surface area contributed by atoms with E-state index >= 15 is 0 Å². The summed E-state index contributed by atoms with van der Waals surface area (Å²) in [5, 5.41) is 4.92. The normalized spacial score (nSPS) is 11.8. The van der Waals surface area contributed by atoms with E-state index < -0.39 is 10.6 Å². The molecule has 0 aliphatic heterocycles. The van der Waals surface area contributed by atoms with Crippen LogP contribution in [0.3, 0.4) is 0 Å². The maximum atomic E-state index is 13.4. The van der Waals surface area contributed by atoms with Gasteiger partial charge in [0.1, 0.15) is 5.82 Å². The molecule has 1 atom stereocenters. The quantitative estimate of drug-likeness (QED) is 0.843. The van der Waals surface area contributed by atoms with Gasteiger partial charge in [-0.1, -0.05) is 15.9 Å². The molecule has 0 radical (unpaired) electrons. The molecule has 2 amide bonds. The smallest absolute Gasteiger partial charge is 0.237 e. The van der Waals surface area contributed by atoms with Crippen molar-refractivity contribution in [1.29, 1.82) is 0 Å². The number of benzene rings is 1. The third-order valence-electron chi connectivity index (χ3n) is 1.91. The molecule has 1 rings (SSSR count). The van der Waals surface area contributed by atoms with Crippen LogP contribution in [0.5, 0.6) is 0 Å². The fourth-order valence-corrected chi connectivity index (χ4v) is 1.25. The van der Waals surface area contributed by atoms with E-state index in [0.29, 0.717) is 5.69 Å². The Morgan fingerprint density at radius 2 is 2.00 bits per heavy atom. The van der Waals surface area contributed by atoms with Crippen LogP contribution in [0.1, 0.15) is 13.8 Å². The van der Waals surface area contributed by atoms with Crippen LogP contribution < -0.4 is 10.6 Å². The minimum Gasteiger partial charge on any atom is -0.326 e. The first-order valence-corrected chi connectivity index (χ1v) is 5.84. The van der Waals surface area contributed by atoms with Crippen molar-refractivity contribution >= 4 is 39.1 Å². The summed E-state index contributed by atoms with van der Waals surface area (Å²) in [4.78, 5) is 21.8. The van der Waals surface area contributed by atoms with Crippen molar-refractivity contribution in [2.24, 2.45) is 0 Å². The van der Waals surface area contributed by atoms with Gasteiger partial charge in [0.2, 0.25) is 11.8 Å². The number of alkyl halides is 1. The number of nitrogens with one attached hydrogen (secondary N) is 2. The Kier molecular flexibility index (Phi) is 4.62. The highest BCUT2D eigenvalue weighted by atomic mass is 79.9. The first kappa shape index (κ1) is 13.6. The van der Waals surface area contributed by atoms with Crippen LogP contribution in [0.2, 0.25) is 0 Å². The third kappa shape index (κ3) is 4.14. The van der Waals surface area contributed by atoms with Gasteiger partial charge in [-0.15, -0.1) is 0 Å². The molecule has 1 aromatic carbocycles. The average Bonchev–Trinajstić information content (AvgIpc) is 2.22. The van der Waals surface area contributed by atoms with E-state index in [2.05, 4.69) is 26.6 Å². The first-order valence-electron chi connectivity index (χ1n) is 4.92. The lowest BCUT2D eigenvalue weighted by atomic mass is 10.2. The van der Waals surface area contributed by atoms with Crippen LogP contribution in [-0.4, -0.2) is 16.6 Å². The predicted octanol–water partition coefficient (Wildman–Crippen LogP) is 2.51. The fraction of sp³-hybridized carbons (Fsp3) is 0.273. The van der Waals surface area contributed by atoms with Gasteiger partial charge in [0.05, 0.1) is 10.5 Å². The monoisotopic (exact) mass is 302 g/mol. The van der Waals surface area contributed by atoms with E-state index in [4.69, 9.17) is 0 Å². The molecule has 0 saturated heterocycles. The topological polar surface area (TPSA) is 58.2 Å². The van der Waals surface area contributed by atoms with E-state index in [1.54, 1.807) is 6.92 Å². The van der Waals surface area contributed by atoms with Gasteiger partial charge in [0.25, 0.3) is 0 Å². The summed E-state index contributed by atoms with van der Waals surface area (Å²) in [6, 6.07) is 3.97. The molecule has 2 N–H and O–H groups in total. The van der Waals surface area contributed by atoms with E-state index in [-0.39, 0.29) is 17.5 Å². The second kappa shape index (κ2) is 5.77. The number of rotatable bonds is 3. The number of amides is 2. The zero-order valence-corrected chi connectivity index (χ0v) is 11.0. The summed E-state index contributed by atoms with van der Waals surface area (Å²) in [7, 11) is 0. The molecular weight excluding hydrogens is 291 g/mol. The highest BCUT2D eigenvalue weighted by Crippen LogP contribution is 2.20. The van der Waals surface area contributed by atoms with Crippen molar-refractivity contribution < 1.29 is 14.0 Å². The zero-order valence-electron chi connectivity index (χ0n) is 9.38. The second-order valence-corrected chi connectivity index (χ2v) is 4.85. The third-order valence-corrected chi connectivity index (χ3v) is 2.32. The molecular formula is C11H12BrFN2O2. The lowest BCUT2D eigenvalue weighted by molar-refractivity contribution is -0.115. The summed E-state index contributed by atoms with van der Waals surface area (Å²) in [5.41, 5.74) is 0.462. The Balaban J connectivity index is 2.90. The van der Waals surface area contributed by atoms with Crippen molar-refractivity contribution in [3.63, 3.8) is 0 Å². The summed E-state index contributed by atoms with van der Waals surface area (Å²) in [6.07, 6.45) is 0. The minimum atomic E-state index is -0.555. The van der Waals surface area contributed by atoms with Crippen LogP contribution in [0.25, 0.3) is 0 Å². The van der Waals surface area contributed by atoms with Gasteiger partial charge >= 0.3 is 0 Å². The lowest BCUT2D eigenvalue weighted by Crippen LogP contribution is -2.20. The molecule has 92 valence electrons. The molecule has 0 bridgehead atoms. The van der Waals surface area contributed by atoms with Crippen molar-refractivity contribution in [3.8, 4) is 0 Å². The minimum absolute atomic E-state index is 0.0348. The van der Waals surface area contributed by atoms with Crippen molar-refractivity contribution in [2.45, 2.75) is 18.7 Å². The Morgan fingerprint density at radius 3 is 2.53 bits per heavy atom. The van der Waals surface area contributed by atoms with Gasteiger partial charge in [-0.2, -0.15) is 0 Å². The van der Waals surface area contributed by atoms with Gasteiger partial charge in [-0.25, -0.2) is 4.39 Å². The van der Waals surface area contributed by atoms with Crippen molar-refractivity contribution in [3.05, 3.63) is 24.0 Å². The number of carbonyl (C=O) groups is 2. The molecule has 0 fully saturated rings. The Morgan fingerprint density at radius 1 is 1.35 bits per heavy atom. The van der Waals surface area contributed by atoms with Crippen LogP contribution >= 0.6 is 15.9 Å². The summed E-state index contributed by atoms with van der Waals surface area (Å²) in [6.45, 7) is 2.98. The first-order chi connectivity index (χ1) is 7.90. The number of anilines is 2. The molecule has 0 aliphatic carbocycles. The van der Waals surface area contributed by atoms with Crippen LogP contribution in [0.15, 0.2) is 18.2 Å². The Labute approximate surface area is 107 Å². The lowest BCUT2D eigenvalue weighted by Gasteiger charge is -2.10. The molecule has 0 heterocycles. The molecule has 0 aromatic heterocycles. The molecule has 0 spiro atoms. The molecule has 4 nitrogen and oxygen atoms in total. The maximum Gasteiger partial charge on any atom is 0.237 e. The SMILES string of the molecule is CC(=O)Nc1ccc(F)c(NC(=O)C(C)Br)c1. The van der Waals surface area contributed by atoms with E-state index in [0.717, 1.165) is 0 Å². The van der Waals surface area contributed by atoms with E-state index in [9.17, 15) is 14.0 Å². The summed E-state index contributed by atoms with van der Waals surface area (Å²) in [5.74, 6) is -1.17. The predicted molar refractivity (Wildman–Crippen MR) is 67.7 cm³/mol. The van der Waals surface area contributed by atoms with E-state index in [1.165, 1.54) is 25.1 Å². The molecule has 1 aromatic rings. The number of halogens is 2. The Hall–Kier alpha value is -1.43. The number of hydrogen-bond donors (Lipinski definition) is 2. The van der Waals surface area contributed by atoms with Crippen molar-refractivity contribution in [2.75, 3.05) is 10.6 Å². The average molecular weight is 303 g/mol. The van der Waals surface area contributed by atoms with Gasteiger partial charge in [0.15, 0.2) is 0 Å². The molecule has 0 aliphatic rings. The van der Waals surface area contributed by atoms with Crippen LogP contribution in [0, 0.1) is 5.82 Å². The Bertz CT molecular complexity index is 449. The summed E-state index contributed by atoms with van der Waals surface area (Å²) >= 11 is 3.08. The molecule has 0 saturated carbocycles. The number of hydrogen-bond acceptors (Lipinski definition) is 2. The largest absolute Gasteiger partial charge is 0.326 e. The summed E-state index contributed by atoms with van der Waals surface area (Å²) < 4.78 is 13.4. The highest BCUT2D eigenvalue weighted by Gasteiger charge is 2.12. The van der Waals surface area contributed by atoms with Crippen LogP contribution in [-0.2, 0) is 9.59 Å². The van der Waals surface area contributed by atoms with Crippen LogP contribution in [0.4, 0.5) is 15.8 Å². The number of carbonyl (C=O) groups excluding carboxylic acids is 2. The zero-order chi connectivity index (χ0) is 13.0. The molecule has 17 heavy (non-hydrogen) atoms. The van der Waals surface area contributed by atoms with Crippen molar-refractivity contribution in [1.82, 2.24) is 0 Å². The van der Waals surface area contributed by atoms with E-state index in [1.807, 2.05) is 0 Å². The molecule has 1 unspecified atom stereocenters.